The quantitative estimate of drug-likeness (QED) is 0.917. The van der Waals surface area contributed by atoms with Crippen molar-refractivity contribution in [2.75, 3.05) is 25.5 Å². The molecule has 2 atom stereocenters. The number of hydrogen-bond acceptors (Lipinski definition) is 6. The number of hydrogen-bond donors (Lipinski definition) is 1. The Hall–Kier alpha value is -1.11. The van der Waals surface area contributed by atoms with Crippen molar-refractivity contribution in [1.82, 2.24) is 15.5 Å². The molecule has 0 amide bonds. The van der Waals surface area contributed by atoms with Gasteiger partial charge in [0.1, 0.15) is 0 Å². The highest BCUT2D eigenvalue weighted by Crippen LogP contribution is 2.42. The highest BCUT2D eigenvalue weighted by Gasteiger charge is 2.33. The molecule has 0 spiro atoms. The van der Waals surface area contributed by atoms with Gasteiger partial charge in [0.2, 0.25) is 5.13 Å². The number of thioether (sulfide) groups is 1. The summed E-state index contributed by atoms with van der Waals surface area (Å²) in [6.45, 7) is 3.15. The molecule has 112 valence electrons. The van der Waals surface area contributed by atoms with Crippen LogP contribution < -0.4 is 10.2 Å². The molecule has 6 heteroatoms. The second-order valence-electron chi connectivity index (χ2n) is 5.34. The third kappa shape index (κ3) is 3.07. The van der Waals surface area contributed by atoms with Crippen molar-refractivity contribution in [2.24, 2.45) is 0 Å². The monoisotopic (exact) mass is 320 g/mol. The average molecular weight is 320 g/mol. The Labute approximate surface area is 134 Å². The standard InChI is InChI=1S/C15H20N4S2/c1-4-16-13-11-8-6-5-7-10(11)9-12(13)20-15-18-17-14(21-15)19(2)3/h5-8,12-13,16H,4,9H2,1-3H3. The van der Waals surface area contributed by atoms with Gasteiger partial charge in [-0.15, -0.1) is 10.2 Å². The lowest BCUT2D eigenvalue weighted by molar-refractivity contribution is 0.560. The van der Waals surface area contributed by atoms with Gasteiger partial charge in [-0.1, -0.05) is 54.3 Å². The molecule has 1 heterocycles. The normalized spacial score (nSPS) is 20.5. The summed E-state index contributed by atoms with van der Waals surface area (Å²) in [4.78, 5) is 2.01. The van der Waals surface area contributed by atoms with Crippen LogP contribution in [-0.2, 0) is 6.42 Å². The molecular formula is C15H20N4S2. The first-order chi connectivity index (χ1) is 10.2. The lowest BCUT2D eigenvalue weighted by Crippen LogP contribution is -2.26. The van der Waals surface area contributed by atoms with Gasteiger partial charge >= 0.3 is 0 Å². The maximum Gasteiger partial charge on any atom is 0.208 e. The van der Waals surface area contributed by atoms with Gasteiger partial charge in [0.25, 0.3) is 0 Å². The van der Waals surface area contributed by atoms with Crippen LogP contribution >= 0.6 is 23.1 Å². The second-order valence-corrected chi connectivity index (χ2v) is 7.78. The van der Waals surface area contributed by atoms with Crippen LogP contribution in [0.1, 0.15) is 24.1 Å². The zero-order chi connectivity index (χ0) is 14.8. The minimum absolute atomic E-state index is 0.405. The van der Waals surface area contributed by atoms with E-state index in [0.29, 0.717) is 11.3 Å². The minimum Gasteiger partial charge on any atom is -0.353 e. The molecule has 21 heavy (non-hydrogen) atoms. The summed E-state index contributed by atoms with van der Waals surface area (Å²) >= 11 is 3.52. The Morgan fingerprint density at radius 3 is 2.86 bits per heavy atom. The third-order valence-corrected chi connectivity index (χ3v) is 6.09. The fraction of sp³-hybridized carbons (Fsp3) is 0.467. The average Bonchev–Trinajstić information content (AvgIpc) is 3.06. The molecule has 1 aliphatic rings. The van der Waals surface area contributed by atoms with E-state index >= 15 is 0 Å². The summed E-state index contributed by atoms with van der Waals surface area (Å²) in [5.41, 5.74) is 2.90. The molecule has 0 aliphatic heterocycles. The van der Waals surface area contributed by atoms with Crippen molar-refractivity contribution >= 4 is 28.2 Å². The summed E-state index contributed by atoms with van der Waals surface area (Å²) in [6.07, 6.45) is 1.09. The predicted molar refractivity (Wildman–Crippen MR) is 90.4 cm³/mol. The number of fused-ring (bicyclic) bond motifs is 1. The fourth-order valence-corrected chi connectivity index (χ4v) is 4.97. The van der Waals surface area contributed by atoms with Crippen LogP contribution in [0.25, 0.3) is 0 Å². The van der Waals surface area contributed by atoms with Crippen LogP contribution in [0.4, 0.5) is 5.13 Å². The SMILES string of the molecule is CCNC1c2ccccc2CC1Sc1nnc(N(C)C)s1. The highest BCUT2D eigenvalue weighted by molar-refractivity contribution is 8.01. The first-order valence-electron chi connectivity index (χ1n) is 7.17. The van der Waals surface area contributed by atoms with Crippen molar-refractivity contribution in [3.05, 3.63) is 35.4 Å². The van der Waals surface area contributed by atoms with Crippen molar-refractivity contribution in [2.45, 2.75) is 29.0 Å². The molecule has 0 radical (unpaired) electrons. The molecular weight excluding hydrogens is 300 g/mol. The fourth-order valence-electron chi connectivity index (χ4n) is 2.69. The summed E-state index contributed by atoms with van der Waals surface area (Å²) < 4.78 is 1.06. The molecule has 1 aromatic carbocycles. The van der Waals surface area contributed by atoms with Gasteiger partial charge in [-0.3, -0.25) is 0 Å². The minimum atomic E-state index is 0.405. The van der Waals surface area contributed by atoms with E-state index in [-0.39, 0.29) is 0 Å². The largest absolute Gasteiger partial charge is 0.353 e. The van der Waals surface area contributed by atoms with Gasteiger partial charge in [0, 0.05) is 25.4 Å². The van der Waals surface area contributed by atoms with Crippen molar-refractivity contribution in [1.29, 1.82) is 0 Å². The summed E-state index contributed by atoms with van der Waals surface area (Å²) in [6, 6.07) is 9.15. The van der Waals surface area contributed by atoms with Crippen LogP contribution in [-0.4, -0.2) is 36.1 Å². The maximum atomic E-state index is 4.32. The van der Waals surface area contributed by atoms with E-state index in [2.05, 4.69) is 46.7 Å². The van der Waals surface area contributed by atoms with E-state index in [1.807, 2.05) is 30.8 Å². The van der Waals surface area contributed by atoms with E-state index in [9.17, 15) is 0 Å². The van der Waals surface area contributed by atoms with E-state index < -0.39 is 0 Å². The van der Waals surface area contributed by atoms with Crippen LogP contribution in [0, 0.1) is 0 Å². The summed E-state index contributed by atoms with van der Waals surface area (Å²) in [7, 11) is 4.00. The van der Waals surface area contributed by atoms with Gasteiger partial charge < -0.3 is 10.2 Å². The predicted octanol–water partition coefficient (Wildman–Crippen LogP) is 2.97. The van der Waals surface area contributed by atoms with E-state index in [4.69, 9.17) is 0 Å². The third-order valence-electron chi connectivity index (χ3n) is 3.64. The number of nitrogens with zero attached hydrogens (tertiary/aromatic N) is 3. The molecule has 0 bridgehead atoms. The molecule has 1 aliphatic carbocycles. The van der Waals surface area contributed by atoms with Gasteiger partial charge in [0.15, 0.2) is 4.34 Å². The molecule has 0 saturated carbocycles. The van der Waals surface area contributed by atoms with Crippen molar-refractivity contribution in [3.63, 3.8) is 0 Å². The number of aromatic nitrogens is 2. The zero-order valence-electron chi connectivity index (χ0n) is 12.5. The van der Waals surface area contributed by atoms with Crippen LogP contribution in [0.15, 0.2) is 28.6 Å². The number of benzene rings is 1. The zero-order valence-corrected chi connectivity index (χ0v) is 14.2. The molecule has 4 nitrogen and oxygen atoms in total. The smallest absolute Gasteiger partial charge is 0.208 e. The van der Waals surface area contributed by atoms with E-state index in [1.54, 1.807) is 11.3 Å². The van der Waals surface area contributed by atoms with Gasteiger partial charge in [-0.05, 0) is 24.1 Å². The Bertz CT molecular complexity index is 611. The number of anilines is 1. The molecule has 2 unspecified atom stereocenters. The number of nitrogens with one attached hydrogen (secondary N) is 1. The van der Waals surface area contributed by atoms with Gasteiger partial charge in [-0.25, -0.2) is 0 Å². The Morgan fingerprint density at radius 1 is 1.33 bits per heavy atom. The van der Waals surface area contributed by atoms with Crippen LogP contribution in [0.2, 0.25) is 0 Å². The highest BCUT2D eigenvalue weighted by atomic mass is 32.2. The summed E-state index contributed by atoms with van der Waals surface area (Å²) in [5, 5.41) is 13.6. The number of rotatable bonds is 5. The molecule has 3 rings (SSSR count). The van der Waals surface area contributed by atoms with Crippen molar-refractivity contribution < 1.29 is 0 Å². The molecule has 1 N–H and O–H groups in total. The maximum absolute atomic E-state index is 4.32. The van der Waals surface area contributed by atoms with Crippen molar-refractivity contribution in [3.8, 4) is 0 Å². The first-order valence-corrected chi connectivity index (χ1v) is 8.87. The molecule has 0 fully saturated rings. The summed E-state index contributed by atoms with van der Waals surface area (Å²) in [5.74, 6) is 0. The van der Waals surface area contributed by atoms with Crippen LogP contribution in [0.3, 0.4) is 0 Å². The van der Waals surface area contributed by atoms with Gasteiger partial charge in [0.05, 0.1) is 0 Å². The Balaban J connectivity index is 1.78. The van der Waals surface area contributed by atoms with E-state index in [0.717, 1.165) is 22.4 Å². The lowest BCUT2D eigenvalue weighted by atomic mass is 10.1. The topological polar surface area (TPSA) is 41.1 Å². The first kappa shape index (κ1) is 14.8. The van der Waals surface area contributed by atoms with Gasteiger partial charge in [-0.2, -0.15) is 0 Å². The molecule has 1 aromatic heterocycles. The Kier molecular flexibility index (Phi) is 4.47. The van der Waals surface area contributed by atoms with Crippen LogP contribution in [0.5, 0.6) is 0 Å². The lowest BCUT2D eigenvalue weighted by Gasteiger charge is -2.19. The second kappa shape index (κ2) is 6.34. The Morgan fingerprint density at radius 2 is 2.14 bits per heavy atom. The van der Waals surface area contributed by atoms with E-state index in [1.165, 1.54) is 11.1 Å². The molecule has 0 saturated heterocycles. The molecule has 2 aromatic rings.